The van der Waals surface area contributed by atoms with Crippen LogP contribution in [0.1, 0.15) is 49.7 Å². The Bertz CT molecular complexity index is 1140. The molecule has 8 nitrogen and oxygen atoms in total. The number of rotatable bonds is 11. The van der Waals surface area contributed by atoms with Crippen LogP contribution in [-0.2, 0) is 32.0 Å². The van der Waals surface area contributed by atoms with Crippen LogP contribution in [0.5, 0.6) is 0 Å². The summed E-state index contributed by atoms with van der Waals surface area (Å²) in [6.45, 7) is 3.90. The second kappa shape index (κ2) is 14.6. The first-order valence-corrected chi connectivity index (χ1v) is 15.0. The summed E-state index contributed by atoms with van der Waals surface area (Å²) in [5.41, 5.74) is 2.96. The number of nitrogens with zero attached hydrogens (tertiary/aromatic N) is 2. The topological polar surface area (TPSA) is 80.3 Å². The van der Waals surface area contributed by atoms with Crippen molar-refractivity contribution in [1.29, 1.82) is 0 Å². The predicted octanol–water partition coefficient (Wildman–Crippen LogP) is 4.70. The molecule has 2 amide bonds. The van der Waals surface area contributed by atoms with Gasteiger partial charge in [0.15, 0.2) is 6.10 Å². The number of alkyl carbamates (subject to hydrolysis) is 1. The second-order valence-corrected chi connectivity index (χ2v) is 11.4. The quantitative estimate of drug-likeness (QED) is 0.424. The number of amides is 2. The third-order valence-electron chi connectivity index (χ3n) is 8.35. The van der Waals surface area contributed by atoms with E-state index in [1.54, 1.807) is 17.0 Å². The Balaban J connectivity index is 1.25. The summed E-state index contributed by atoms with van der Waals surface area (Å²) in [5.74, 6) is -0.0107. The van der Waals surface area contributed by atoms with Gasteiger partial charge in [-0.25, -0.2) is 9.18 Å². The van der Waals surface area contributed by atoms with Gasteiger partial charge in [-0.15, -0.1) is 0 Å². The maximum Gasteiger partial charge on any atom is 0.408 e. The van der Waals surface area contributed by atoms with Gasteiger partial charge in [0, 0.05) is 31.9 Å². The molecular weight excluding hydrogens is 525 g/mol. The summed E-state index contributed by atoms with van der Waals surface area (Å²) in [4.78, 5) is 30.7. The van der Waals surface area contributed by atoms with Crippen molar-refractivity contribution in [3.8, 4) is 0 Å². The van der Waals surface area contributed by atoms with Crippen molar-refractivity contribution >= 4 is 17.7 Å². The van der Waals surface area contributed by atoms with Gasteiger partial charge in [0.25, 0.3) is 5.91 Å². The number of anilines is 1. The SMILES string of the molecule is O=C(NC(COCc1ccccc1)CN1CCc2cc(F)ccc21)OC(CC1CCCCC1)C(=O)N1CCOCC1. The van der Waals surface area contributed by atoms with Crippen LogP contribution >= 0.6 is 0 Å². The van der Waals surface area contributed by atoms with Crippen molar-refractivity contribution in [2.75, 3.05) is 50.9 Å². The fourth-order valence-corrected chi connectivity index (χ4v) is 6.17. The number of fused-ring (bicyclic) bond motifs is 1. The molecule has 2 atom stereocenters. The van der Waals surface area contributed by atoms with Crippen LogP contribution in [-0.4, -0.2) is 75.0 Å². The van der Waals surface area contributed by atoms with Crippen molar-refractivity contribution in [2.45, 2.75) is 63.7 Å². The van der Waals surface area contributed by atoms with E-state index in [-0.39, 0.29) is 18.3 Å². The lowest BCUT2D eigenvalue weighted by molar-refractivity contribution is -0.145. The third-order valence-corrected chi connectivity index (χ3v) is 8.35. The van der Waals surface area contributed by atoms with Crippen LogP contribution in [0, 0.1) is 11.7 Å². The first-order chi connectivity index (χ1) is 20.0. The van der Waals surface area contributed by atoms with E-state index >= 15 is 0 Å². The summed E-state index contributed by atoms with van der Waals surface area (Å²) < 4.78 is 31.1. The van der Waals surface area contributed by atoms with Gasteiger partial charge in [0.2, 0.25) is 0 Å². The summed E-state index contributed by atoms with van der Waals surface area (Å²) >= 11 is 0. The zero-order valence-electron chi connectivity index (χ0n) is 23.8. The van der Waals surface area contributed by atoms with Gasteiger partial charge in [0.05, 0.1) is 32.5 Å². The normalized spacial score (nSPS) is 19.0. The Morgan fingerprint density at radius 2 is 1.80 bits per heavy atom. The maximum absolute atomic E-state index is 13.8. The lowest BCUT2D eigenvalue weighted by Crippen LogP contribution is -2.50. The summed E-state index contributed by atoms with van der Waals surface area (Å²) in [7, 11) is 0. The van der Waals surface area contributed by atoms with E-state index in [2.05, 4.69) is 10.2 Å². The van der Waals surface area contributed by atoms with E-state index in [1.165, 1.54) is 12.5 Å². The molecular formula is C32H42FN3O5. The molecule has 9 heteroatoms. The molecule has 5 rings (SSSR count). The lowest BCUT2D eigenvalue weighted by atomic mass is 9.85. The summed E-state index contributed by atoms with van der Waals surface area (Å²) in [6.07, 6.45) is 5.49. The minimum absolute atomic E-state index is 0.138. The molecule has 222 valence electrons. The second-order valence-electron chi connectivity index (χ2n) is 11.4. The van der Waals surface area contributed by atoms with Crippen LogP contribution in [0.2, 0.25) is 0 Å². The van der Waals surface area contributed by atoms with Crippen LogP contribution in [0.25, 0.3) is 0 Å². The molecule has 0 radical (unpaired) electrons. The molecule has 0 aromatic heterocycles. The molecule has 2 heterocycles. The van der Waals surface area contributed by atoms with Gasteiger partial charge in [-0.05, 0) is 48.1 Å². The molecule has 2 aromatic rings. The van der Waals surface area contributed by atoms with Crippen molar-refractivity contribution in [1.82, 2.24) is 10.2 Å². The molecule has 2 aromatic carbocycles. The maximum atomic E-state index is 13.8. The van der Waals surface area contributed by atoms with E-state index in [0.717, 1.165) is 55.5 Å². The number of hydrogen-bond acceptors (Lipinski definition) is 6. The van der Waals surface area contributed by atoms with Crippen LogP contribution in [0.15, 0.2) is 48.5 Å². The standard InChI is InChI=1S/C32H42FN3O5/c33-27-11-12-29-26(20-27)13-14-36(29)21-28(23-40-22-25-9-5-2-6-10-25)34-32(38)41-30(19-24-7-3-1-4-8-24)31(37)35-15-17-39-18-16-35/h2,5-6,9-12,20,24,28,30H,1,3-4,7-8,13-19,21-23H2,(H,34,38). The summed E-state index contributed by atoms with van der Waals surface area (Å²) in [6, 6.07) is 14.3. The van der Waals surface area contributed by atoms with Crippen molar-refractivity contribution in [3.63, 3.8) is 0 Å². The molecule has 2 unspecified atom stereocenters. The number of benzene rings is 2. The summed E-state index contributed by atoms with van der Waals surface area (Å²) in [5, 5.41) is 3.00. The van der Waals surface area contributed by atoms with E-state index in [4.69, 9.17) is 14.2 Å². The highest BCUT2D eigenvalue weighted by Gasteiger charge is 2.33. The first-order valence-electron chi connectivity index (χ1n) is 15.0. The smallest absolute Gasteiger partial charge is 0.408 e. The van der Waals surface area contributed by atoms with Gasteiger partial charge >= 0.3 is 6.09 Å². The predicted molar refractivity (Wildman–Crippen MR) is 154 cm³/mol. The van der Waals surface area contributed by atoms with Gasteiger partial charge in [0.1, 0.15) is 5.82 Å². The Morgan fingerprint density at radius 3 is 2.59 bits per heavy atom. The van der Waals surface area contributed by atoms with Gasteiger partial charge in [-0.2, -0.15) is 0 Å². The Kier molecular flexibility index (Phi) is 10.5. The minimum atomic E-state index is -0.822. The fraction of sp³-hybridized carbons (Fsp3) is 0.562. The molecule has 3 aliphatic rings. The number of nitrogens with one attached hydrogen (secondary N) is 1. The highest BCUT2D eigenvalue weighted by Crippen LogP contribution is 2.30. The van der Waals surface area contributed by atoms with E-state index < -0.39 is 18.2 Å². The molecule has 0 bridgehead atoms. The van der Waals surface area contributed by atoms with Crippen LogP contribution < -0.4 is 10.2 Å². The Morgan fingerprint density at radius 1 is 1.02 bits per heavy atom. The van der Waals surface area contributed by atoms with Crippen LogP contribution in [0.4, 0.5) is 14.9 Å². The number of halogens is 1. The molecule has 41 heavy (non-hydrogen) atoms. The van der Waals surface area contributed by atoms with Gasteiger partial charge in [-0.3, -0.25) is 4.79 Å². The number of morpholine rings is 1. The molecule has 2 aliphatic heterocycles. The molecule has 1 saturated carbocycles. The highest BCUT2D eigenvalue weighted by molar-refractivity contribution is 5.83. The minimum Gasteiger partial charge on any atom is -0.436 e. The van der Waals surface area contributed by atoms with E-state index in [9.17, 15) is 14.0 Å². The zero-order chi connectivity index (χ0) is 28.4. The average Bonchev–Trinajstić information content (AvgIpc) is 3.39. The molecule has 1 saturated heterocycles. The number of hydrogen-bond donors (Lipinski definition) is 1. The van der Waals surface area contributed by atoms with Crippen molar-refractivity contribution in [2.24, 2.45) is 5.92 Å². The Hall–Kier alpha value is -3.17. The first kappa shape index (κ1) is 29.3. The largest absolute Gasteiger partial charge is 0.436 e. The Labute approximate surface area is 242 Å². The van der Waals surface area contributed by atoms with E-state index in [1.807, 2.05) is 30.3 Å². The number of carbonyl (C=O) groups is 2. The lowest BCUT2D eigenvalue weighted by Gasteiger charge is -2.33. The molecule has 2 fully saturated rings. The number of ether oxygens (including phenoxy) is 3. The molecule has 0 spiro atoms. The fourth-order valence-electron chi connectivity index (χ4n) is 6.17. The average molecular weight is 568 g/mol. The van der Waals surface area contributed by atoms with Crippen molar-refractivity contribution < 1.29 is 28.2 Å². The van der Waals surface area contributed by atoms with Crippen molar-refractivity contribution in [3.05, 3.63) is 65.5 Å². The van der Waals surface area contributed by atoms with Gasteiger partial charge < -0.3 is 29.3 Å². The zero-order valence-corrected chi connectivity index (χ0v) is 23.8. The highest BCUT2D eigenvalue weighted by atomic mass is 19.1. The molecule has 1 N–H and O–H groups in total. The van der Waals surface area contributed by atoms with Gasteiger partial charge in [-0.1, -0.05) is 62.4 Å². The van der Waals surface area contributed by atoms with E-state index in [0.29, 0.717) is 51.8 Å². The third kappa shape index (κ3) is 8.42. The van der Waals surface area contributed by atoms with Crippen LogP contribution in [0.3, 0.4) is 0 Å². The molecule has 1 aliphatic carbocycles. The monoisotopic (exact) mass is 567 g/mol. The number of carbonyl (C=O) groups excluding carboxylic acids is 2.